The molecule has 3 rings (SSSR count). The van der Waals surface area contributed by atoms with Gasteiger partial charge in [0.25, 0.3) is 0 Å². The third kappa shape index (κ3) is 3.58. The Morgan fingerprint density at radius 3 is 2.75 bits per heavy atom. The third-order valence-electron chi connectivity index (χ3n) is 4.34. The number of anilines is 1. The lowest BCUT2D eigenvalue weighted by Crippen LogP contribution is -2.24. The molecule has 2 fully saturated rings. The molecule has 0 atom stereocenters. The van der Waals surface area contributed by atoms with Gasteiger partial charge in [-0.3, -0.25) is 9.69 Å². The van der Waals surface area contributed by atoms with Crippen LogP contribution in [0.3, 0.4) is 0 Å². The average molecular weight is 293 g/mol. The third-order valence-corrected chi connectivity index (χ3v) is 5.15. The highest BCUT2D eigenvalue weighted by molar-refractivity contribution is 7.13. The molecule has 1 aliphatic carbocycles. The molecule has 1 saturated heterocycles. The minimum Gasteiger partial charge on any atom is -0.302 e. The van der Waals surface area contributed by atoms with Crippen molar-refractivity contribution in [1.29, 1.82) is 0 Å². The number of thiazole rings is 1. The second-order valence-electron chi connectivity index (χ2n) is 5.95. The zero-order valence-electron chi connectivity index (χ0n) is 11.9. The molecule has 1 aliphatic heterocycles. The van der Waals surface area contributed by atoms with Crippen molar-refractivity contribution in [1.82, 2.24) is 9.88 Å². The SMILES string of the molecule is O=C(Nc1nc(CN2CCCC2)cs1)C1CCCCC1. The van der Waals surface area contributed by atoms with Crippen LogP contribution in [-0.4, -0.2) is 28.9 Å². The summed E-state index contributed by atoms with van der Waals surface area (Å²) in [6, 6.07) is 0. The Kier molecular flexibility index (Phi) is 4.68. The molecule has 1 aromatic rings. The van der Waals surface area contributed by atoms with Gasteiger partial charge in [-0.05, 0) is 38.8 Å². The Balaban J connectivity index is 1.52. The van der Waals surface area contributed by atoms with E-state index in [4.69, 9.17) is 0 Å². The molecule has 5 heteroatoms. The smallest absolute Gasteiger partial charge is 0.229 e. The van der Waals surface area contributed by atoms with E-state index in [0.717, 1.165) is 30.2 Å². The Labute approximate surface area is 124 Å². The van der Waals surface area contributed by atoms with Crippen LogP contribution in [0.2, 0.25) is 0 Å². The minimum absolute atomic E-state index is 0.173. The molecule has 20 heavy (non-hydrogen) atoms. The molecule has 0 aromatic carbocycles. The van der Waals surface area contributed by atoms with Gasteiger partial charge in [0.1, 0.15) is 0 Å². The lowest BCUT2D eigenvalue weighted by atomic mass is 9.89. The van der Waals surface area contributed by atoms with Crippen LogP contribution in [0.5, 0.6) is 0 Å². The first-order chi connectivity index (χ1) is 9.81. The summed E-state index contributed by atoms with van der Waals surface area (Å²) < 4.78 is 0. The maximum absolute atomic E-state index is 12.2. The van der Waals surface area contributed by atoms with Gasteiger partial charge in [-0.25, -0.2) is 4.98 Å². The highest BCUT2D eigenvalue weighted by Crippen LogP contribution is 2.26. The maximum atomic E-state index is 12.2. The fraction of sp³-hybridized carbons (Fsp3) is 0.733. The number of hydrogen-bond donors (Lipinski definition) is 1. The van der Waals surface area contributed by atoms with Gasteiger partial charge in [0, 0.05) is 17.8 Å². The zero-order valence-corrected chi connectivity index (χ0v) is 12.8. The molecule has 0 unspecified atom stereocenters. The lowest BCUT2D eigenvalue weighted by Gasteiger charge is -2.19. The van der Waals surface area contributed by atoms with E-state index in [-0.39, 0.29) is 11.8 Å². The summed E-state index contributed by atoms with van der Waals surface area (Å²) in [6.07, 6.45) is 8.34. The number of amides is 1. The van der Waals surface area contributed by atoms with E-state index >= 15 is 0 Å². The normalized spacial score (nSPS) is 21.2. The molecule has 2 aliphatic rings. The van der Waals surface area contributed by atoms with Crippen LogP contribution in [0.1, 0.15) is 50.6 Å². The van der Waals surface area contributed by atoms with Gasteiger partial charge in [-0.15, -0.1) is 11.3 Å². The number of rotatable bonds is 4. The standard InChI is InChI=1S/C15H23N3OS/c19-14(12-6-2-1-3-7-12)17-15-16-13(11-20-15)10-18-8-4-5-9-18/h11-12H,1-10H2,(H,16,17,19). The van der Waals surface area contributed by atoms with Gasteiger partial charge < -0.3 is 5.32 Å². The topological polar surface area (TPSA) is 45.2 Å². The van der Waals surface area contributed by atoms with Crippen LogP contribution in [0.4, 0.5) is 5.13 Å². The predicted molar refractivity (Wildman–Crippen MR) is 81.8 cm³/mol. The van der Waals surface area contributed by atoms with Crippen molar-refractivity contribution in [2.45, 2.75) is 51.5 Å². The molecule has 0 bridgehead atoms. The Bertz CT molecular complexity index is 448. The van der Waals surface area contributed by atoms with Gasteiger partial charge in [0.15, 0.2) is 5.13 Å². The second-order valence-corrected chi connectivity index (χ2v) is 6.81. The van der Waals surface area contributed by atoms with Crippen LogP contribution >= 0.6 is 11.3 Å². The fourth-order valence-electron chi connectivity index (χ4n) is 3.18. The average Bonchev–Trinajstić information content (AvgIpc) is 3.12. The van der Waals surface area contributed by atoms with Gasteiger partial charge in [0.2, 0.25) is 5.91 Å². The molecule has 1 amide bonds. The quantitative estimate of drug-likeness (QED) is 0.927. The first kappa shape index (κ1) is 14.0. The second kappa shape index (κ2) is 6.68. The molecule has 1 saturated carbocycles. The van der Waals surface area contributed by atoms with Crippen molar-refractivity contribution in [3.63, 3.8) is 0 Å². The minimum atomic E-state index is 0.173. The van der Waals surface area contributed by atoms with Crippen LogP contribution < -0.4 is 5.32 Å². The van der Waals surface area contributed by atoms with Crippen LogP contribution in [-0.2, 0) is 11.3 Å². The number of nitrogens with one attached hydrogen (secondary N) is 1. The van der Waals surface area contributed by atoms with Gasteiger partial charge >= 0.3 is 0 Å². The lowest BCUT2D eigenvalue weighted by molar-refractivity contribution is -0.120. The van der Waals surface area contributed by atoms with Gasteiger partial charge in [-0.1, -0.05) is 19.3 Å². The summed E-state index contributed by atoms with van der Waals surface area (Å²) in [5.74, 6) is 0.376. The molecule has 110 valence electrons. The zero-order chi connectivity index (χ0) is 13.8. The maximum Gasteiger partial charge on any atom is 0.229 e. The van der Waals surface area contributed by atoms with E-state index in [0.29, 0.717) is 0 Å². The molecule has 2 heterocycles. The Hall–Kier alpha value is -0.940. The van der Waals surface area contributed by atoms with Crippen molar-refractivity contribution in [2.75, 3.05) is 18.4 Å². The van der Waals surface area contributed by atoms with Crippen molar-refractivity contribution in [2.24, 2.45) is 5.92 Å². The van der Waals surface area contributed by atoms with Crippen molar-refractivity contribution >= 4 is 22.4 Å². The number of aromatic nitrogens is 1. The van der Waals surface area contributed by atoms with Crippen molar-refractivity contribution in [3.8, 4) is 0 Å². The monoisotopic (exact) mass is 293 g/mol. The van der Waals surface area contributed by atoms with Gasteiger partial charge in [0.05, 0.1) is 5.69 Å². The molecule has 1 N–H and O–H groups in total. The highest BCUT2D eigenvalue weighted by atomic mass is 32.1. The first-order valence-electron chi connectivity index (χ1n) is 7.79. The molecule has 1 aromatic heterocycles. The summed E-state index contributed by atoms with van der Waals surface area (Å²) in [7, 11) is 0. The molecular weight excluding hydrogens is 270 g/mol. The summed E-state index contributed by atoms with van der Waals surface area (Å²) in [5, 5.41) is 5.86. The van der Waals surface area contributed by atoms with E-state index in [1.54, 1.807) is 11.3 Å². The highest BCUT2D eigenvalue weighted by Gasteiger charge is 2.22. The predicted octanol–water partition coefficient (Wildman–Crippen LogP) is 3.26. The molecule has 0 spiro atoms. The number of likely N-dealkylation sites (tertiary alicyclic amines) is 1. The van der Waals surface area contributed by atoms with Crippen molar-refractivity contribution in [3.05, 3.63) is 11.1 Å². The summed E-state index contributed by atoms with van der Waals surface area (Å²) in [6.45, 7) is 3.29. The number of nitrogens with zero attached hydrogens (tertiary/aromatic N) is 2. The van der Waals surface area contributed by atoms with E-state index < -0.39 is 0 Å². The van der Waals surface area contributed by atoms with Gasteiger partial charge in [-0.2, -0.15) is 0 Å². The number of carbonyl (C=O) groups is 1. The van der Waals surface area contributed by atoms with E-state index in [9.17, 15) is 4.79 Å². The molecule has 4 nitrogen and oxygen atoms in total. The van der Waals surface area contributed by atoms with E-state index in [1.807, 2.05) is 0 Å². The van der Waals surface area contributed by atoms with E-state index in [2.05, 4.69) is 20.6 Å². The fourth-order valence-corrected chi connectivity index (χ4v) is 3.88. The Morgan fingerprint density at radius 1 is 1.25 bits per heavy atom. The van der Waals surface area contributed by atoms with Crippen molar-refractivity contribution < 1.29 is 4.79 Å². The summed E-state index contributed by atoms with van der Waals surface area (Å²) in [5.41, 5.74) is 1.09. The summed E-state index contributed by atoms with van der Waals surface area (Å²) >= 11 is 1.56. The van der Waals surface area contributed by atoms with Crippen LogP contribution in [0, 0.1) is 5.92 Å². The molecular formula is C15H23N3OS. The largest absolute Gasteiger partial charge is 0.302 e. The number of carbonyl (C=O) groups excluding carboxylic acids is 1. The Morgan fingerprint density at radius 2 is 2.00 bits per heavy atom. The molecule has 0 radical (unpaired) electrons. The first-order valence-corrected chi connectivity index (χ1v) is 8.67. The number of hydrogen-bond acceptors (Lipinski definition) is 4. The van der Waals surface area contributed by atoms with Crippen LogP contribution in [0.15, 0.2) is 5.38 Å². The summed E-state index contributed by atoms with van der Waals surface area (Å²) in [4.78, 5) is 19.2. The van der Waals surface area contributed by atoms with E-state index in [1.165, 1.54) is 45.2 Å². The van der Waals surface area contributed by atoms with Crippen LogP contribution in [0.25, 0.3) is 0 Å².